The first-order valence-electron chi connectivity index (χ1n) is 6.38. The Morgan fingerprint density at radius 3 is 2.64 bits per heavy atom. The summed E-state index contributed by atoms with van der Waals surface area (Å²) in [6, 6.07) is 3.82. The molecule has 1 aliphatic heterocycles. The molecule has 1 saturated heterocycles. The van der Waals surface area contributed by atoms with Gasteiger partial charge in [0, 0.05) is 19.4 Å². The molecule has 0 spiro atoms. The van der Waals surface area contributed by atoms with Crippen molar-refractivity contribution >= 4 is 22.1 Å². The molecule has 1 heterocycles. The highest BCUT2D eigenvalue weighted by Crippen LogP contribution is 2.23. The lowest BCUT2D eigenvalue weighted by Crippen LogP contribution is -2.44. The second kappa shape index (κ2) is 5.99. The van der Waals surface area contributed by atoms with E-state index in [1.54, 1.807) is 0 Å². The van der Waals surface area contributed by atoms with Gasteiger partial charge in [0.15, 0.2) is 0 Å². The molecular weight excluding hydrogens is 320 g/mol. The van der Waals surface area contributed by atoms with E-state index in [9.17, 15) is 31.4 Å². The average molecular weight is 333 g/mol. The van der Waals surface area contributed by atoms with Crippen molar-refractivity contribution in [2.75, 3.05) is 6.54 Å². The number of halogens is 2. The molecule has 0 aliphatic carbocycles. The van der Waals surface area contributed by atoms with Crippen LogP contribution in [0.5, 0.6) is 0 Å². The minimum atomic E-state index is -4.92. The normalized spacial score (nSPS) is 20.2. The van der Waals surface area contributed by atoms with E-state index in [0.29, 0.717) is 5.56 Å². The fourth-order valence-corrected chi connectivity index (χ4v) is 3.09. The van der Waals surface area contributed by atoms with Crippen LogP contribution in [0.25, 0.3) is 0 Å². The third kappa shape index (κ3) is 3.59. The summed E-state index contributed by atoms with van der Waals surface area (Å²) in [4.78, 5) is 24.0. The Labute approximate surface area is 125 Å². The summed E-state index contributed by atoms with van der Waals surface area (Å²) in [5, 5.41) is 7.68. The van der Waals surface area contributed by atoms with Crippen LogP contribution in [0.3, 0.4) is 0 Å². The average Bonchev–Trinajstić information content (AvgIpc) is 2.77. The highest BCUT2D eigenvalue weighted by atomic mass is 32.3. The third-order valence-corrected chi connectivity index (χ3v) is 4.61. The molecule has 2 rings (SSSR count). The lowest BCUT2D eigenvalue weighted by Gasteiger charge is -2.24. The molecule has 0 saturated carbocycles. The molecule has 0 bridgehead atoms. The van der Waals surface area contributed by atoms with E-state index in [4.69, 9.17) is 0 Å². The van der Waals surface area contributed by atoms with Gasteiger partial charge in [0.2, 0.25) is 5.91 Å². The van der Waals surface area contributed by atoms with E-state index in [-0.39, 0.29) is 6.42 Å². The van der Waals surface area contributed by atoms with E-state index < -0.39 is 52.2 Å². The van der Waals surface area contributed by atoms with Gasteiger partial charge in [-0.15, -0.1) is 3.89 Å². The Kier molecular flexibility index (Phi) is 4.45. The smallest absolute Gasteiger partial charge is 0.326 e. The second-order valence-electron chi connectivity index (χ2n) is 5.04. The van der Waals surface area contributed by atoms with Crippen molar-refractivity contribution in [2.45, 2.75) is 24.1 Å². The maximum Gasteiger partial charge on any atom is 0.326 e. The maximum absolute atomic E-state index is 13.1. The van der Waals surface area contributed by atoms with Crippen LogP contribution in [0.2, 0.25) is 0 Å². The topological polar surface area (TPSA) is 91.8 Å². The molecular formula is C13H13F2NO5S. The van der Waals surface area contributed by atoms with Gasteiger partial charge >= 0.3 is 16.2 Å². The number of carbonyl (C=O) groups excluding carboxylic acids is 1. The molecule has 1 unspecified atom stereocenters. The number of nitrogens with zero attached hydrogens (tertiary/aromatic N) is 1. The van der Waals surface area contributed by atoms with E-state index >= 15 is 0 Å². The SMILES string of the molecule is O=C(O)[C@H](Cc1cccc(F)c1)N1CC(S(=O)(=O)F)CC1=O. The molecule has 0 radical (unpaired) electrons. The number of carboxylic acids is 1. The van der Waals surface area contributed by atoms with Crippen LogP contribution in [0.15, 0.2) is 24.3 Å². The van der Waals surface area contributed by atoms with Crippen LogP contribution < -0.4 is 0 Å². The molecule has 2 atom stereocenters. The first-order valence-corrected chi connectivity index (χ1v) is 7.83. The lowest BCUT2D eigenvalue weighted by atomic mass is 10.0. The number of benzene rings is 1. The maximum atomic E-state index is 13.1. The Hall–Kier alpha value is -2.03. The van der Waals surface area contributed by atoms with Gasteiger partial charge in [0.1, 0.15) is 17.1 Å². The molecule has 1 aromatic carbocycles. The van der Waals surface area contributed by atoms with Crippen molar-refractivity contribution in [3.05, 3.63) is 35.6 Å². The number of amides is 1. The van der Waals surface area contributed by atoms with Gasteiger partial charge < -0.3 is 10.0 Å². The molecule has 1 fully saturated rings. The predicted octanol–water partition coefficient (Wildman–Crippen LogP) is 0.722. The largest absolute Gasteiger partial charge is 0.480 e. The summed E-state index contributed by atoms with van der Waals surface area (Å²) < 4.78 is 47.9. The van der Waals surface area contributed by atoms with Crippen LogP contribution in [-0.2, 0) is 26.2 Å². The van der Waals surface area contributed by atoms with Crippen molar-refractivity contribution in [2.24, 2.45) is 0 Å². The van der Waals surface area contributed by atoms with Crippen molar-refractivity contribution < 1.29 is 31.4 Å². The number of hydrogen-bond donors (Lipinski definition) is 1. The van der Waals surface area contributed by atoms with E-state index in [1.165, 1.54) is 18.2 Å². The minimum absolute atomic E-state index is 0.197. The number of carbonyl (C=O) groups is 2. The highest BCUT2D eigenvalue weighted by Gasteiger charge is 2.43. The second-order valence-corrected chi connectivity index (χ2v) is 6.65. The van der Waals surface area contributed by atoms with E-state index in [2.05, 4.69) is 0 Å². The number of hydrogen-bond acceptors (Lipinski definition) is 4. The Morgan fingerprint density at radius 2 is 2.14 bits per heavy atom. The molecule has 120 valence electrons. The van der Waals surface area contributed by atoms with Crippen molar-refractivity contribution in [3.8, 4) is 0 Å². The van der Waals surface area contributed by atoms with E-state index in [0.717, 1.165) is 11.0 Å². The molecule has 9 heteroatoms. The minimum Gasteiger partial charge on any atom is -0.480 e. The summed E-state index contributed by atoms with van der Waals surface area (Å²) in [5.41, 5.74) is 0.340. The van der Waals surface area contributed by atoms with Gasteiger partial charge in [0.05, 0.1) is 0 Å². The molecule has 1 aromatic rings. The molecule has 22 heavy (non-hydrogen) atoms. The Bertz CT molecular complexity index is 706. The monoisotopic (exact) mass is 333 g/mol. The van der Waals surface area contributed by atoms with E-state index in [1.807, 2.05) is 0 Å². The summed E-state index contributed by atoms with van der Waals surface area (Å²) in [7, 11) is -4.92. The van der Waals surface area contributed by atoms with Crippen LogP contribution in [0.1, 0.15) is 12.0 Å². The molecule has 0 aromatic heterocycles. The fourth-order valence-electron chi connectivity index (χ4n) is 2.41. The van der Waals surface area contributed by atoms with Crippen molar-refractivity contribution in [1.29, 1.82) is 0 Å². The number of rotatable bonds is 5. The van der Waals surface area contributed by atoms with Gasteiger partial charge in [-0.3, -0.25) is 4.79 Å². The summed E-state index contributed by atoms with van der Waals surface area (Å²) >= 11 is 0. The van der Waals surface area contributed by atoms with Gasteiger partial charge in [-0.05, 0) is 17.7 Å². The first kappa shape index (κ1) is 16.3. The zero-order valence-corrected chi connectivity index (χ0v) is 12.1. The van der Waals surface area contributed by atoms with Gasteiger partial charge in [-0.1, -0.05) is 12.1 Å². The third-order valence-electron chi connectivity index (χ3n) is 3.50. The van der Waals surface area contributed by atoms with Crippen LogP contribution in [0.4, 0.5) is 8.28 Å². The summed E-state index contributed by atoms with van der Waals surface area (Å²) in [6.45, 7) is -0.524. The summed E-state index contributed by atoms with van der Waals surface area (Å²) in [6.07, 6.45) is -0.788. The van der Waals surface area contributed by atoms with Crippen molar-refractivity contribution in [1.82, 2.24) is 4.90 Å². The van der Waals surface area contributed by atoms with Crippen LogP contribution >= 0.6 is 0 Å². The lowest BCUT2D eigenvalue weighted by molar-refractivity contribution is -0.148. The number of carboxylic acid groups (broad SMARTS) is 1. The molecule has 6 nitrogen and oxygen atoms in total. The summed E-state index contributed by atoms with van der Waals surface area (Å²) in [5.74, 6) is -2.68. The molecule has 1 amide bonds. The number of likely N-dealkylation sites (tertiary alicyclic amines) is 1. The predicted molar refractivity (Wildman–Crippen MR) is 71.7 cm³/mol. The Morgan fingerprint density at radius 1 is 1.45 bits per heavy atom. The number of aliphatic carboxylic acids is 1. The molecule has 1 N–H and O–H groups in total. The quantitative estimate of drug-likeness (QED) is 0.802. The van der Waals surface area contributed by atoms with Crippen LogP contribution in [0, 0.1) is 5.82 Å². The fraction of sp³-hybridized carbons (Fsp3) is 0.385. The molecule has 1 aliphatic rings. The zero-order chi connectivity index (χ0) is 16.5. The van der Waals surface area contributed by atoms with Gasteiger partial charge in [-0.2, -0.15) is 8.42 Å². The standard InChI is InChI=1S/C13H13F2NO5S/c14-9-3-1-2-8(4-9)5-11(13(18)19)16-7-10(6-12(16)17)22(15,20)21/h1-4,10-11H,5-7H2,(H,18,19)/t10?,11-/m0/s1. The van der Waals surface area contributed by atoms with Crippen LogP contribution in [-0.4, -0.2) is 48.1 Å². The highest BCUT2D eigenvalue weighted by molar-refractivity contribution is 7.87. The Balaban J connectivity index is 2.22. The van der Waals surface area contributed by atoms with Gasteiger partial charge in [-0.25, -0.2) is 9.18 Å². The van der Waals surface area contributed by atoms with Crippen molar-refractivity contribution in [3.63, 3.8) is 0 Å². The first-order chi connectivity index (χ1) is 10.2. The zero-order valence-electron chi connectivity index (χ0n) is 11.3. The van der Waals surface area contributed by atoms with Gasteiger partial charge in [0.25, 0.3) is 0 Å².